The molecular formula is C19H18ClFN4O3S2. The number of thioether (sulfide) groups is 1. The molecule has 7 nitrogen and oxygen atoms in total. The second-order valence-electron chi connectivity index (χ2n) is 6.30. The van der Waals surface area contributed by atoms with Crippen molar-refractivity contribution in [3.63, 3.8) is 0 Å². The van der Waals surface area contributed by atoms with Gasteiger partial charge in [-0.05, 0) is 32.0 Å². The Bertz CT molecular complexity index is 1080. The van der Waals surface area contributed by atoms with Gasteiger partial charge in [0.15, 0.2) is 10.2 Å². The third-order valence-corrected chi connectivity index (χ3v) is 6.41. The molecule has 158 valence electrons. The topological polar surface area (TPSA) is 97.2 Å². The minimum Gasteiger partial charge on any atom is -0.496 e. The zero-order chi connectivity index (χ0) is 21.8. The summed E-state index contributed by atoms with van der Waals surface area (Å²) in [5.41, 5.74) is 1.10. The van der Waals surface area contributed by atoms with E-state index in [0.717, 1.165) is 0 Å². The summed E-state index contributed by atoms with van der Waals surface area (Å²) in [6.45, 7) is 3.41. The van der Waals surface area contributed by atoms with E-state index in [4.69, 9.17) is 16.3 Å². The van der Waals surface area contributed by atoms with Crippen LogP contribution in [0.25, 0.3) is 11.1 Å². The number of hydrogen-bond acceptors (Lipinski definition) is 8. The minimum atomic E-state index is -0.691. The number of anilines is 1. The van der Waals surface area contributed by atoms with Gasteiger partial charge in [0.1, 0.15) is 5.75 Å². The van der Waals surface area contributed by atoms with Crippen molar-refractivity contribution < 1.29 is 19.0 Å². The first-order valence-corrected chi connectivity index (χ1v) is 10.9. The lowest BCUT2D eigenvalue weighted by Crippen LogP contribution is -2.14. The molecule has 1 unspecified atom stereocenters. The first-order chi connectivity index (χ1) is 14.3. The van der Waals surface area contributed by atoms with Gasteiger partial charge in [-0.3, -0.25) is 15.1 Å². The maximum absolute atomic E-state index is 14.9. The number of pyridine rings is 1. The minimum absolute atomic E-state index is 0.0751. The Morgan fingerprint density at radius 2 is 2.20 bits per heavy atom. The molecule has 3 aromatic rings. The van der Waals surface area contributed by atoms with Crippen LogP contribution in [-0.2, 0) is 0 Å². The number of benzene rings is 1. The van der Waals surface area contributed by atoms with E-state index >= 15 is 0 Å². The number of hydrogen-bond donors (Lipinski definition) is 2. The number of nitrogens with one attached hydrogen (secondary N) is 1. The summed E-state index contributed by atoms with van der Waals surface area (Å²) >= 11 is 8.47. The Hall–Kier alpha value is -2.27. The zero-order valence-electron chi connectivity index (χ0n) is 16.3. The van der Waals surface area contributed by atoms with Gasteiger partial charge in [0.25, 0.3) is 5.91 Å². The number of ether oxygens (including phenoxy) is 1. The second-order valence-corrected chi connectivity index (χ2v) is 8.95. The molecule has 1 atom stereocenters. The van der Waals surface area contributed by atoms with Gasteiger partial charge in [0.05, 0.1) is 29.4 Å². The second kappa shape index (κ2) is 9.69. The summed E-state index contributed by atoms with van der Waals surface area (Å²) in [6.07, 6.45) is 0.880. The van der Waals surface area contributed by atoms with Crippen LogP contribution >= 0.6 is 34.7 Å². The molecule has 1 aromatic carbocycles. The van der Waals surface area contributed by atoms with Gasteiger partial charge >= 0.3 is 0 Å². The van der Waals surface area contributed by atoms with Crippen LogP contribution < -0.4 is 10.1 Å². The number of aromatic nitrogens is 3. The fourth-order valence-electron chi connectivity index (χ4n) is 2.58. The average Bonchev–Trinajstić information content (AvgIpc) is 3.15. The molecule has 2 heterocycles. The van der Waals surface area contributed by atoms with E-state index in [-0.39, 0.29) is 27.0 Å². The molecule has 0 aliphatic carbocycles. The highest BCUT2D eigenvalue weighted by Gasteiger charge is 2.23. The monoisotopic (exact) mass is 468 g/mol. The summed E-state index contributed by atoms with van der Waals surface area (Å²) in [7, 11) is 1.41. The van der Waals surface area contributed by atoms with Crippen molar-refractivity contribution in [3.8, 4) is 16.9 Å². The van der Waals surface area contributed by atoms with Crippen LogP contribution in [0.3, 0.4) is 0 Å². The molecule has 30 heavy (non-hydrogen) atoms. The van der Waals surface area contributed by atoms with Gasteiger partial charge in [-0.2, -0.15) is 0 Å². The summed E-state index contributed by atoms with van der Waals surface area (Å²) in [4.78, 5) is 17.1. The average molecular weight is 469 g/mol. The van der Waals surface area contributed by atoms with Crippen molar-refractivity contribution >= 4 is 45.7 Å². The van der Waals surface area contributed by atoms with Crippen molar-refractivity contribution in [2.45, 2.75) is 24.3 Å². The predicted molar refractivity (Wildman–Crippen MR) is 116 cm³/mol. The lowest BCUT2D eigenvalue weighted by atomic mass is 9.98. The molecule has 0 radical (unpaired) electrons. The largest absolute Gasteiger partial charge is 0.496 e. The molecule has 0 bridgehead atoms. The summed E-state index contributed by atoms with van der Waals surface area (Å²) in [5, 5.41) is 20.1. The van der Waals surface area contributed by atoms with Crippen LogP contribution in [0, 0.1) is 12.7 Å². The third-order valence-electron chi connectivity index (χ3n) is 3.91. The fraction of sp³-hybridized carbons (Fsp3) is 0.263. The van der Waals surface area contributed by atoms with Crippen molar-refractivity contribution in [2.75, 3.05) is 18.2 Å². The fourth-order valence-corrected chi connectivity index (χ4v) is 4.37. The van der Waals surface area contributed by atoms with Crippen LogP contribution in [0.15, 0.2) is 28.7 Å². The van der Waals surface area contributed by atoms with Crippen molar-refractivity contribution in [3.05, 3.63) is 46.5 Å². The smallest absolute Gasteiger partial charge is 0.259 e. The molecule has 0 spiro atoms. The van der Waals surface area contributed by atoms with E-state index in [0.29, 0.717) is 21.3 Å². The van der Waals surface area contributed by atoms with E-state index in [9.17, 15) is 14.3 Å². The normalized spacial score (nSPS) is 11.9. The molecule has 3 rings (SSSR count). The van der Waals surface area contributed by atoms with E-state index in [2.05, 4.69) is 20.5 Å². The van der Waals surface area contributed by atoms with E-state index < -0.39 is 17.8 Å². The first kappa shape index (κ1) is 22.4. The molecule has 2 aromatic heterocycles. The number of aliphatic hydroxyl groups is 1. The molecule has 2 N–H and O–H groups in total. The van der Waals surface area contributed by atoms with Crippen LogP contribution in [-0.4, -0.2) is 45.2 Å². The Balaban J connectivity index is 1.95. The van der Waals surface area contributed by atoms with E-state index in [1.807, 2.05) is 0 Å². The quantitative estimate of drug-likeness (QED) is 0.391. The molecule has 0 saturated heterocycles. The van der Waals surface area contributed by atoms with Gasteiger partial charge < -0.3 is 9.84 Å². The van der Waals surface area contributed by atoms with Crippen LogP contribution in [0.1, 0.15) is 23.0 Å². The summed E-state index contributed by atoms with van der Waals surface area (Å²) < 4.78 is 20.8. The lowest BCUT2D eigenvalue weighted by molar-refractivity contribution is 0.102. The highest BCUT2D eigenvalue weighted by molar-refractivity contribution is 8.01. The molecule has 11 heteroatoms. The van der Waals surface area contributed by atoms with Crippen LogP contribution in [0.5, 0.6) is 5.75 Å². The number of carbonyl (C=O) groups is 1. The van der Waals surface area contributed by atoms with Gasteiger partial charge in [-0.1, -0.05) is 34.7 Å². The van der Waals surface area contributed by atoms with E-state index in [1.54, 1.807) is 19.9 Å². The predicted octanol–water partition coefficient (Wildman–Crippen LogP) is 4.43. The standard InChI is InChI=1S/C19H18ClFN4O3S2/c1-9-6-11(15-14(28-3)5-4-13(20)16(15)21)12(7-22-9)17(27)23-18-24-25-19(30-18)29-8-10(2)26/h4-7,10,26H,8H2,1-3H3,(H,23,24,27). The van der Waals surface area contributed by atoms with Gasteiger partial charge in [-0.15, -0.1) is 10.2 Å². The first-order valence-electron chi connectivity index (χ1n) is 8.75. The van der Waals surface area contributed by atoms with Crippen molar-refractivity contribution in [1.82, 2.24) is 15.2 Å². The number of halogens is 2. The van der Waals surface area contributed by atoms with Gasteiger partial charge in [0.2, 0.25) is 5.13 Å². The summed E-state index contributed by atoms with van der Waals surface area (Å²) in [5.74, 6) is -0.516. The van der Waals surface area contributed by atoms with Crippen LogP contribution in [0.4, 0.5) is 9.52 Å². The number of aliphatic hydroxyl groups excluding tert-OH is 1. The van der Waals surface area contributed by atoms with Gasteiger partial charge in [0, 0.05) is 23.2 Å². The Labute approximate surface area is 185 Å². The highest BCUT2D eigenvalue weighted by Crippen LogP contribution is 2.38. The zero-order valence-corrected chi connectivity index (χ0v) is 18.7. The molecule has 0 saturated carbocycles. The number of amides is 1. The van der Waals surface area contributed by atoms with E-state index in [1.165, 1.54) is 48.5 Å². The Morgan fingerprint density at radius 1 is 1.43 bits per heavy atom. The van der Waals surface area contributed by atoms with Crippen LogP contribution in [0.2, 0.25) is 5.02 Å². The third kappa shape index (κ3) is 5.07. The molecule has 0 fully saturated rings. The maximum Gasteiger partial charge on any atom is 0.259 e. The molecule has 0 aliphatic heterocycles. The number of rotatable bonds is 7. The molecular weight excluding hydrogens is 451 g/mol. The van der Waals surface area contributed by atoms with Crippen molar-refractivity contribution in [1.29, 1.82) is 0 Å². The lowest BCUT2D eigenvalue weighted by Gasteiger charge is -2.14. The molecule has 0 aliphatic rings. The molecule has 1 amide bonds. The number of carbonyl (C=O) groups excluding carboxylic acids is 1. The van der Waals surface area contributed by atoms with Crippen molar-refractivity contribution in [2.24, 2.45) is 0 Å². The Morgan fingerprint density at radius 3 is 2.90 bits per heavy atom. The number of aryl methyl sites for hydroxylation is 1. The maximum atomic E-state index is 14.9. The Kier molecular flexibility index (Phi) is 7.24. The van der Waals surface area contributed by atoms with Gasteiger partial charge in [-0.25, -0.2) is 4.39 Å². The summed E-state index contributed by atoms with van der Waals surface area (Å²) in [6, 6.07) is 4.52. The number of nitrogens with zero attached hydrogens (tertiary/aromatic N) is 3. The highest BCUT2D eigenvalue weighted by atomic mass is 35.5. The number of methoxy groups -OCH3 is 1. The SMILES string of the molecule is COc1ccc(Cl)c(F)c1-c1cc(C)ncc1C(=O)Nc1nnc(SCC(C)O)s1.